The molecule has 1 saturated heterocycles. The van der Waals surface area contributed by atoms with Crippen LogP contribution >= 0.6 is 11.8 Å². The molecule has 150 valence electrons. The van der Waals surface area contributed by atoms with Crippen molar-refractivity contribution >= 4 is 40.9 Å². The number of ether oxygens (including phenoxy) is 1. The molecule has 29 heavy (non-hydrogen) atoms. The van der Waals surface area contributed by atoms with Crippen molar-refractivity contribution < 1.29 is 23.9 Å². The first kappa shape index (κ1) is 20.4. The number of benzene rings is 1. The molecule has 0 unspecified atom stereocenters. The number of carbonyl (C=O) groups excluding carboxylic acids is 4. The maximum Gasteiger partial charge on any atom is 0.337 e. The van der Waals surface area contributed by atoms with Crippen molar-refractivity contribution in [3.05, 3.63) is 57.8 Å². The van der Waals surface area contributed by atoms with E-state index in [0.29, 0.717) is 5.56 Å². The quantitative estimate of drug-likeness (QED) is 0.595. The van der Waals surface area contributed by atoms with Gasteiger partial charge in [-0.25, -0.2) is 4.79 Å². The normalized spacial score (nSPS) is 15.3. The summed E-state index contributed by atoms with van der Waals surface area (Å²) in [5, 5.41) is -0.521. The summed E-state index contributed by atoms with van der Waals surface area (Å²) in [6.45, 7) is 3.37. The highest BCUT2D eigenvalue weighted by molar-refractivity contribution is 8.18. The molecule has 0 saturated carbocycles. The van der Waals surface area contributed by atoms with Crippen LogP contribution in [0.3, 0.4) is 0 Å². The number of aromatic nitrogens is 1. The number of nitrogens with two attached hydrogens (primary N) is 1. The van der Waals surface area contributed by atoms with Crippen molar-refractivity contribution in [2.24, 2.45) is 5.73 Å². The van der Waals surface area contributed by atoms with Crippen LogP contribution in [0.2, 0.25) is 0 Å². The third-order valence-corrected chi connectivity index (χ3v) is 5.40. The molecule has 3 rings (SSSR count). The van der Waals surface area contributed by atoms with Gasteiger partial charge in [0.05, 0.1) is 17.6 Å². The molecule has 2 heterocycles. The van der Waals surface area contributed by atoms with Crippen LogP contribution in [-0.4, -0.2) is 46.1 Å². The molecular weight excluding hydrogens is 394 g/mol. The van der Waals surface area contributed by atoms with E-state index in [1.165, 1.54) is 7.11 Å². The Hall–Kier alpha value is -3.33. The minimum Gasteiger partial charge on any atom is -0.465 e. The second kappa shape index (κ2) is 7.96. The van der Waals surface area contributed by atoms with Crippen molar-refractivity contribution in [2.45, 2.75) is 13.8 Å². The van der Waals surface area contributed by atoms with Gasteiger partial charge in [-0.3, -0.25) is 19.3 Å². The SMILES string of the molecule is COC(=O)c1ccc(-n2c(C)cc(/C=C3\SC(=O)N(CC(N)=O)C3=O)c2C)cc1. The molecule has 0 aliphatic carbocycles. The first-order chi connectivity index (χ1) is 13.7. The Morgan fingerprint density at radius 1 is 1.17 bits per heavy atom. The van der Waals surface area contributed by atoms with Crippen LogP contribution in [0.25, 0.3) is 11.8 Å². The van der Waals surface area contributed by atoms with E-state index in [4.69, 9.17) is 10.5 Å². The lowest BCUT2D eigenvalue weighted by atomic mass is 10.2. The lowest BCUT2D eigenvalue weighted by Gasteiger charge is -2.10. The van der Waals surface area contributed by atoms with Gasteiger partial charge in [0.2, 0.25) is 5.91 Å². The molecule has 0 atom stereocenters. The number of methoxy groups -OCH3 is 1. The molecule has 1 aromatic carbocycles. The number of aryl methyl sites for hydroxylation is 1. The van der Waals surface area contributed by atoms with Gasteiger partial charge in [0.1, 0.15) is 6.54 Å². The molecule has 3 amide bonds. The van der Waals surface area contributed by atoms with Crippen molar-refractivity contribution in [1.29, 1.82) is 0 Å². The fraction of sp³-hybridized carbons (Fsp3) is 0.200. The second-order valence-electron chi connectivity index (χ2n) is 6.43. The summed E-state index contributed by atoms with van der Waals surface area (Å²) in [7, 11) is 1.33. The summed E-state index contributed by atoms with van der Waals surface area (Å²) in [4.78, 5) is 48.2. The molecule has 2 N–H and O–H groups in total. The lowest BCUT2D eigenvalue weighted by molar-refractivity contribution is -0.127. The van der Waals surface area contributed by atoms with Crippen LogP contribution in [-0.2, 0) is 14.3 Å². The summed E-state index contributed by atoms with van der Waals surface area (Å²) >= 11 is 0.776. The van der Waals surface area contributed by atoms with E-state index >= 15 is 0 Å². The van der Waals surface area contributed by atoms with Crippen LogP contribution in [0.4, 0.5) is 4.79 Å². The van der Waals surface area contributed by atoms with E-state index in [-0.39, 0.29) is 4.91 Å². The summed E-state index contributed by atoms with van der Waals surface area (Å²) in [5.41, 5.74) is 8.92. The van der Waals surface area contributed by atoms with Crippen LogP contribution in [0.15, 0.2) is 35.2 Å². The predicted octanol–water partition coefficient (Wildman–Crippen LogP) is 2.40. The van der Waals surface area contributed by atoms with E-state index in [1.54, 1.807) is 30.3 Å². The first-order valence-corrected chi connectivity index (χ1v) is 9.46. The summed E-state index contributed by atoms with van der Waals surface area (Å²) < 4.78 is 6.68. The summed E-state index contributed by atoms with van der Waals surface area (Å²) in [5.74, 6) is -1.70. The number of amides is 3. The maximum atomic E-state index is 12.4. The van der Waals surface area contributed by atoms with Gasteiger partial charge in [-0.1, -0.05) is 0 Å². The summed E-state index contributed by atoms with van der Waals surface area (Å²) in [6.07, 6.45) is 1.63. The standard InChI is InChI=1S/C20H19N3O5S/c1-11-8-14(9-16-18(25)22(10-17(21)24)20(27)29-16)12(2)23(11)15-6-4-13(5-7-15)19(26)28-3/h4-9H,10H2,1-3H3,(H2,21,24)/b16-9-. The van der Waals surface area contributed by atoms with E-state index in [9.17, 15) is 19.2 Å². The van der Waals surface area contributed by atoms with Gasteiger partial charge in [-0.05, 0) is 67.6 Å². The number of hydrogen-bond donors (Lipinski definition) is 1. The van der Waals surface area contributed by atoms with Gasteiger partial charge in [-0.15, -0.1) is 0 Å². The third kappa shape index (κ3) is 3.95. The molecule has 2 aromatic rings. The fourth-order valence-electron chi connectivity index (χ4n) is 3.13. The average molecular weight is 413 g/mol. The molecule has 0 spiro atoms. The average Bonchev–Trinajstić information content (AvgIpc) is 3.11. The highest BCUT2D eigenvalue weighted by Crippen LogP contribution is 2.33. The zero-order valence-corrected chi connectivity index (χ0v) is 16.9. The number of primary amides is 1. The van der Waals surface area contributed by atoms with Gasteiger partial charge in [0.15, 0.2) is 0 Å². The largest absolute Gasteiger partial charge is 0.465 e. The minimum atomic E-state index is -0.748. The van der Waals surface area contributed by atoms with Gasteiger partial charge in [0, 0.05) is 17.1 Å². The van der Waals surface area contributed by atoms with E-state index in [0.717, 1.165) is 39.3 Å². The Labute approximate surface area is 171 Å². The Bertz CT molecular complexity index is 1050. The summed E-state index contributed by atoms with van der Waals surface area (Å²) in [6, 6.07) is 8.85. The Morgan fingerprint density at radius 3 is 2.41 bits per heavy atom. The predicted molar refractivity (Wildman–Crippen MR) is 108 cm³/mol. The molecule has 9 heteroatoms. The van der Waals surface area contributed by atoms with Gasteiger partial charge < -0.3 is 15.0 Å². The zero-order valence-electron chi connectivity index (χ0n) is 16.1. The number of rotatable bonds is 5. The fourth-order valence-corrected chi connectivity index (χ4v) is 3.96. The minimum absolute atomic E-state index is 0.234. The molecule has 8 nitrogen and oxygen atoms in total. The Morgan fingerprint density at radius 2 is 1.83 bits per heavy atom. The highest BCUT2D eigenvalue weighted by Gasteiger charge is 2.36. The van der Waals surface area contributed by atoms with Crippen LogP contribution in [0.1, 0.15) is 27.3 Å². The van der Waals surface area contributed by atoms with Crippen molar-refractivity contribution in [3.8, 4) is 5.69 Å². The van der Waals surface area contributed by atoms with Gasteiger partial charge >= 0.3 is 5.97 Å². The van der Waals surface area contributed by atoms with Crippen LogP contribution in [0, 0.1) is 13.8 Å². The zero-order chi connectivity index (χ0) is 21.3. The topological polar surface area (TPSA) is 112 Å². The van der Waals surface area contributed by atoms with E-state index in [1.807, 2.05) is 24.5 Å². The number of esters is 1. The van der Waals surface area contributed by atoms with E-state index < -0.39 is 29.6 Å². The molecular formula is C20H19N3O5S. The smallest absolute Gasteiger partial charge is 0.337 e. The van der Waals surface area contributed by atoms with Crippen molar-refractivity contribution in [3.63, 3.8) is 0 Å². The number of nitrogens with zero attached hydrogens (tertiary/aromatic N) is 2. The van der Waals surface area contributed by atoms with Crippen LogP contribution < -0.4 is 5.73 Å². The first-order valence-electron chi connectivity index (χ1n) is 8.64. The Kier molecular flexibility index (Phi) is 5.60. The number of imide groups is 1. The van der Waals surface area contributed by atoms with Crippen molar-refractivity contribution in [1.82, 2.24) is 9.47 Å². The third-order valence-electron chi connectivity index (χ3n) is 4.49. The molecule has 1 fully saturated rings. The van der Waals surface area contributed by atoms with Crippen molar-refractivity contribution in [2.75, 3.05) is 13.7 Å². The lowest BCUT2D eigenvalue weighted by Crippen LogP contribution is -2.36. The van der Waals surface area contributed by atoms with Gasteiger partial charge in [0.25, 0.3) is 11.1 Å². The molecule has 0 radical (unpaired) electrons. The number of hydrogen-bond acceptors (Lipinski definition) is 6. The maximum absolute atomic E-state index is 12.4. The second-order valence-corrected chi connectivity index (χ2v) is 7.43. The van der Waals surface area contributed by atoms with Crippen LogP contribution in [0.5, 0.6) is 0 Å². The number of thioether (sulfide) groups is 1. The molecule has 1 aliphatic heterocycles. The highest BCUT2D eigenvalue weighted by atomic mass is 32.2. The molecule has 0 bridgehead atoms. The van der Waals surface area contributed by atoms with E-state index in [2.05, 4.69) is 0 Å². The molecule has 1 aliphatic rings. The Balaban J connectivity index is 1.93. The monoisotopic (exact) mass is 413 g/mol. The van der Waals surface area contributed by atoms with Gasteiger partial charge in [-0.2, -0.15) is 0 Å². The number of carbonyl (C=O) groups is 4. The molecule has 1 aromatic heterocycles.